The highest BCUT2D eigenvalue weighted by Gasteiger charge is 2.14. The molecule has 0 aliphatic rings. The first kappa shape index (κ1) is 11.8. The van der Waals surface area contributed by atoms with Crippen LogP contribution in [0, 0.1) is 13.8 Å². The van der Waals surface area contributed by atoms with E-state index >= 15 is 0 Å². The van der Waals surface area contributed by atoms with Crippen molar-refractivity contribution in [3.8, 4) is 0 Å². The van der Waals surface area contributed by atoms with E-state index in [1.165, 1.54) is 22.5 Å². The van der Waals surface area contributed by atoms with Gasteiger partial charge in [0.25, 0.3) is 0 Å². The number of thiazole rings is 1. The summed E-state index contributed by atoms with van der Waals surface area (Å²) in [6.45, 7) is 3.79. The van der Waals surface area contributed by atoms with Crippen molar-refractivity contribution in [2.75, 3.05) is 0 Å². The van der Waals surface area contributed by atoms with Gasteiger partial charge in [-0.15, -0.1) is 11.3 Å². The number of nitrogens with zero attached hydrogens (tertiary/aromatic N) is 1. The van der Waals surface area contributed by atoms with E-state index in [0.29, 0.717) is 17.0 Å². The van der Waals surface area contributed by atoms with Crippen molar-refractivity contribution in [1.82, 2.24) is 4.98 Å². The zero-order valence-corrected chi connectivity index (χ0v) is 10.5. The molecule has 0 aliphatic heterocycles. The largest absolute Gasteiger partial charge is 0.477 e. The number of benzene rings is 1. The summed E-state index contributed by atoms with van der Waals surface area (Å²) in [7, 11) is 0. The number of carboxylic acids is 1. The van der Waals surface area contributed by atoms with Gasteiger partial charge in [-0.3, -0.25) is 0 Å². The van der Waals surface area contributed by atoms with Gasteiger partial charge in [0.2, 0.25) is 0 Å². The molecule has 0 radical (unpaired) electrons. The van der Waals surface area contributed by atoms with Gasteiger partial charge in [-0.25, -0.2) is 9.78 Å². The number of carbonyl (C=O) groups is 1. The Labute approximate surface area is 104 Å². The van der Waals surface area contributed by atoms with Gasteiger partial charge in [0.1, 0.15) is 4.88 Å². The third-order valence-electron chi connectivity index (χ3n) is 2.64. The van der Waals surface area contributed by atoms with Crippen molar-refractivity contribution >= 4 is 17.3 Å². The van der Waals surface area contributed by atoms with Crippen LogP contribution in [0.3, 0.4) is 0 Å². The van der Waals surface area contributed by atoms with Gasteiger partial charge >= 0.3 is 5.97 Å². The highest BCUT2D eigenvalue weighted by molar-refractivity contribution is 7.13. The average molecular weight is 247 g/mol. The summed E-state index contributed by atoms with van der Waals surface area (Å²) in [5.74, 6) is -0.893. The Hall–Kier alpha value is -1.68. The molecule has 0 saturated carbocycles. The maximum atomic E-state index is 10.9. The molecule has 0 bridgehead atoms. The van der Waals surface area contributed by atoms with Crippen LogP contribution in [-0.2, 0) is 6.42 Å². The molecule has 0 atom stereocenters. The van der Waals surface area contributed by atoms with Crippen LogP contribution in [0.15, 0.2) is 24.3 Å². The Bertz CT molecular complexity index is 560. The third kappa shape index (κ3) is 2.53. The Morgan fingerprint density at radius 2 is 2.06 bits per heavy atom. The lowest BCUT2D eigenvalue weighted by Crippen LogP contribution is -1.94. The van der Waals surface area contributed by atoms with Gasteiger partial charge in [0.05, 0.1) is 10.7 Å². The molecule has 2 rings (SSSR count). The maximum absolute atomic E-state index is 10.9. The third-order valence-corrected chi connectivity index (χ3v) is 3.78. The summed E-state index contributed by atoms with van der Waals surface area (Å²) in [4.78, 5) is 15.6. The minimum Gasteiger partial charge on any atom is -0.477 e. The van der Waals surface area contributed by atoms with Crippen LogP contribution in [0.4, 0.5) is 0 Å². The van der Waals surface area contributed by atoms with E-state index in [1.807, 2.05) is 31.2 Å². The van der Waals surface area contributed by atoms with Gasteiger partial charge in [-0.1, -0.05) is 24.3 Å². The first-order valence-corrected chi connectivity index (χ1v) is 6.13. The Kier molecular flexibility index (Phi) is 3.24. The van der Waals surface area contributed by atoms with E-state index in [-0.39, 0.29) is 0 Å². The molecule has 17 heavy (non-hydrogen) atoms. The molecule has 1 aromatic heterocycles. The fourth-order valence-electron chi connectivity index (χ4n) is 1.70. The highest BCUT2D eigenvalue weighted by atomic mass is 32.1. The molecule has 0 fully saturated rings. The first-order valence-electron chi connectivity index (χ1n) is 5.32. The second kappa shape index (κ2) is 4.67. The number of aryl methyl sites for hydroxylation is 2. The lowest BCUT2D eigenvalue weighted by Gasteiger charge is -2.01. The van der Waals surface area contributed by atoms with Crippen molar-refractivity contribution in [2.45, 2.75) is 20.3 Å². The van der Waals surface area contributed by atoms with Crippen LogP contribution in [0.25, 0.3) is 0 Å². The predicted octanol–water partition coefficient (Wildman–Crippen LogP) is 3.05. The molecule has 1 aromatic carbocycles. The van der Waals surface area contributed by atoms with E-state index in [1.54, 1.807) is 6.92 Å². The van der Waals surface area contributed by atoms with Crippen LogP contribution >= 0.6 is 11.3 Å². The fraction of sp³-hybridized carbons (Fsp3) is 0.231. The van der Waals surface area contributed by atoms with Gasteiger partial charge in [0, 0.05) is 6.42 Å². The average Bonchev–Trinajstić information content (AvgIpc) is 2.63. The minimum atomic E-state index is -0.893. The van der Waals surface area contributed by atoms with Crippen LogP contribution in [-0.4, -0.2) is 16.1 Å². The zero-order valence-electron chi connectivity index (χ0n) is 9.73. The fourth-order valence-corrected chi connectivity index (χ4v) is 2.62. The summed E-state index contributed by atoms with van der Waals surface area (Å²) in [5.41, 5.74) is 3.00. The summed E-state index contributed by atoms with van der Waals surface area (Å²) >= 11 is 1.26. The number of carboxylic acid groups (broad SMARTS) is 1. The van der Waals surface area contributed by atoms with E-state index < -0.39 is 5.97 Å². The molecule has 3 nitrogen and oxygen atoms in total. The second-order valence-corrected chi connectivity index (χ2v) is 5.01. The van der Waals surface area contributed by atoms with E-state index in [2.05, 4.69) is 4.98 Å². The SMILES string of the molecule is Cc1ccccc1Cc1nc(C)c(C(=O)O)s1. The molecular formula is C13H13NO2S. The summed E-state index contributed by atoms with van der Waals surface area (Å²) in [6.07, 6.45) is 0.700. The molecule has 0 spiro atoms. The molecule has 1 heterocycles. The van der Waals surface area contributed by atoms with Crippen molar-refractivity contribution in [2.24, 2.45) is 0 Å². The number of hydrogen-bond acceptors (Lipinski definition) is 3. The van der Waals surface area contributed by atoms with E-state index in [0.717, 1.165) is 5.01 Å². The maximum Gasteiger partial charge on any atom is 0.347 e. The molecule has 0 amide bonds. The van der Waals surface area contributed by atoms with Gasteiger partial charge < -0.3 is 5.11 Å². The predicted molar refractivity (Wildman–Crippen MR) is 67.8 cm³/mol. The lowest BCUT2D eigenvalue weighted by molar-refractivity contribution is 0.0701. The normalized spacial score (nSPS) is 10.5. The number of aromatic carboxylic acids is 1. The van der Waals surface area contributed by atoms with E-state index in [9.17, 15) is 4.79 Å². The molecule has 0 unspecified atom stereocenters. The van der Waals surface area contributed by atoms with Crippen LogP contribution in [0.1, 0.15) is 31.5 Å². The standard InChI is InChI=1S/C13H13NO2S/c1-8-5-3-4-6-10(8)7-11-14-9(2)12(17-11)13(15)16/h3-6H,7H2,1-2H3,(H,15,16). The summed E-state index contributed by atoms with van der Waals surface area (Å²) in [6, 6.07) is 8.08. The van der Waals surface area contributed by atoms with Crippen molar-refractivity contribution in [3.05, 3.63) is 51.0 Å². The van der Waals surface area contributed by atoms with Crippen molar-refractivity contribution in [1.29, 1.82) is 0 Å². The quantitative estimate of drug-likeness (QED) is 0.906. The summed E-state index contributed by atoms with van der Waals surface area (Å²) < 4.78 is 0. The Balaban J connectivity index is 2.28. The molecule has 0 aliphatic carbocycles. The number of rotatable bonds is 3. The van der Waals surface area contributed by atoms with E-state index in [4.69, 9.17) is 5.11 Å². The Morgan fingerprint density at radius 1 is 1.35 bits per heavy atom. The summed E-state index contributed by atoms with van der Waals surface area (Å²) in [5, 5.41) is 9.83. The molecule has 1 N–H and O–H groups in total. The second-order valence-electron chi connectivity index (χ2n) is 3.93. The molecule has 4 heteroatoms. The van der Waals surface area contributed by atoms with Crippen molar-refractivity contribution < 1.29 is 9.90 Å². The van der Waals surface area contributed by atoms with Crippen LogP contribution in [0.5, 0.6) is 0 Å². The first-order chi connectivity index (χ1) is 8.08. The molecule has 0 saturated heterocycles. The van der Waals surface area contributed by atoms with Gasteiger partial charge in [-0.2, -0.15) is 0 Å². The smallest absolute Gasteiger partial charge is 0.347 e. The molecule has 88 valence electrons. The minimum absolute atomic E-state index is 0.341. The number of aromatic nitrogens is 1. The van der Waals surface area contributed by atoms with Gasteiger partial charge in [0.15, 0.2) is 0 Å². The zero-order chi connectivity index (χ0) is 12.4. The van der Waals surface area contributed by atoms with Crippen LogP contribution < -0.4 is 0 Å². The molecular weight excluding hydrogens is 234 g/mol. The van der Waals surface area contributed by atoms with Gasteiger partial charge in [-0.05, 0) is 25.0 Å². The lowest BCUT2D eigenvalue weighted by atomic mass is 10.1. The number of hydrogen-bond donors (Lipinski definition) is 1. The topological polar surface area (TPSA) is 50.2 Å². The molecule has 2 aromatic rings. The Morgan fingerprint density at radius 3 is 2.65 bits per heavy atom. The van der Waals surface area contributed by atoms with Crippen molar-refractivity contribution in [3.63, 3.8) is 0 Å². The van der Waals surface area contributed by atoms with Crippen LogP contribution in [0.2, 0.25) is 0 Å². The monoisotopic (exact) mass is 247 g/mol. The highest BCUT2D eigenvalue weighted by Crippen LogP contribution is 2.21.